The van der Waals surface area contributed by atoms with E-state index in [1.165, 1.54) is 16.0 Å². The number of rotatable bonds is 2. The lowest BCUT2D eigenvalue weighted by Crippen LogP contribution is -1.94. The molecule has 0 bridgehead atoms. The van der Waals surface area contributed by atoms with Crippen molar-refractivity contribution in [3.8, 4) is 0 Å². The Balaban J connectivity index is 3.20. The molecule has 0 aliphatic carbocycles. The summed E-state index contributed by atoms with van der Waals surface area (Å²) in [5.74, 6) is 0.633. The molecule has 0 spiro atoms. The number of aryl methyl sites for hydroxylation is 1. The van der Waals surface area contributed by atoms with E-state index < -0.39 is 0 Å². The second-order valence-corrected chi connectivity index (χ2v) is 4.19. The van der Waals surface area contributed by atoms with Crippen LogP contribution in [0.5, 0.6) is 0 Å². The summed E-state index contributed by atoms with van der Waals surface area (Å²) in [6.07, 6.45) is 2.14. The first-order chi connectivity index (χ1) is 5.66. The Labute approximate surface area is 79.4 Å². The van der Waals surface area contributed by atoms with Gasteiger partial charge in [-0.3, -0.25) is 0 Å². The summed E-state index contributed by atoms with van der Waals surface area (Å²) in [5, 5.41) is 0. The SMILES string of the molecule is CSc1cccc(C)c1C(C)C. The quantitative estimate of drug-likeness (QED) is 0.623. The molecule has 0 saturated carbocycles. The van der Waals surface area contributed by atoms with E-state index in [4.69, 9.17) is 0 Å². The van der Waals surface area contributed by atoms with Gasteiger partial charge >= 0.3 is 0 Å². The van der Waals surface area contributed by atoms with Crippen LogP contribution in [0.1, 0.15) is 30.9 Å². The molecule has 0 saturated heterocycles. The average molecular weight is 180 g/mol. The van der Waals surface area contributed by atoms with E-state index >= 15 is 0 Å². The minimum atomic E-state index is 0.633. The summed E-state index contributed by atoms with van der Waals surface area (Å²) >= 11 is 1.84. The molecular formula is C11H16S. The van der Waals surface area contributed by atoms with Gasteiger partial charge in [-0.25, -0.2) is 0 Å². The van der Waals surface area contributed by atoms with Gasteiger partial charge in [-0.2, -0.15) is 0 Å². The molecule has 0 unspecified atom stereocenters. The normalized spacial score (nSPS) is 10.8. The van der Waals surface area contributed by atoms with Crippen LogP contribution < -0.4 is 0 Å². The Morgan fingerprint density at radius 1 is 1.25 bits per heavy atom. The van der Waals surface area contributed by atoms with Crippen LogP contribution in [0.25, 0.3) is 0 Å². The molecule has 66 valence electrons. The van der Waals surface area contributed by atoms with Gasteiger partial charge < -0.3 is 0 Å². The van der Waals surface area contributed by atoms with Crippen LogP contribution in [0.4, 0.5) is 0 Å². The first-order valence-corrected chi connectivity index (χ1v) is 5.52. The summed E-state index contributed by atoms with van der Waals surface area (Å²) < 4.78 is 0. The zero-order chi connectivity index (χ0) is 9.14. The predicted molar refractivity (Wildman–Crippen MR) is 57.0 cm³/mol. The van der Waals surface area contributed by atoms with Crippen LogP contribution in [0.15, 0.2) is 23.1 Å². The first kappa shape index (κ1) is 9.66. The summed E-state index contributed by atoms with van der Waals surface area (Å²) in [7, 11) is 0. The van der Waals surface area contributed by atoms with Gasteiger partial charge in [-0.1, -0.05) is 26.0 Å². The number of hydrogen-bond acceptors (Lipinski definition) is 1. The Morgan fingerprint density at radius 3 is 2.33 bits per heavy atom. The van der Waals surface area contributed by atoms with Gasteiger partial charge in [0.25, 0.3) is 0 Å². The van der Waals surface area contributed by atoms with Gasteiger partial charge in [0.05, 0.1) is 0 Å². The zero-order valence-electron chi connectivity index (χ0n) is 8.22. The van der Waals surface area contributed by atoms with Crippen molar-refractivity contribution in [3.05, 3.63) is 29.3 Å². The fraction of sp³-hybridized carbons (Fsp3) is 0.455. The highest BCUT2D eigenvalue weighted by molar-refractivity contribution is 7.98. The van der Waals surface area contributed by atoms with Gasteiger partial charge in [-0.15, -0.1) is 11.8 Å². The lowest BCUT2D eigenvalue weighted by atomic mass is 9.98. The Kier molecular flexibility index (Phi) is 3.21. The highest BCUT2D eigenvalue weighted by atomic mass is 32.2. The van der Waals surface area contributed by atoms with E-state index in [0.717, 1.165) is 0 Å². The van der Waals surface area contributed by atoms with E-state index in [9.17, 15) is 0 Å². The van der Waals surface area contributed by atoms with Crippen LogP contribution in [0.3, 0.4) is 0 Å². The molecule has 1 aromatic carbocycles. The van der Waals surface area contributed by atoms with Gasteiger partial charge in [-0.05, 0) is 36.3 Å². The minimum Gasteiger partial charge on any atom is -0.129 e. The molecule has 0 nitrogen and oxygen atoms in total. The minimum absolute atomic E-state index is 0.633. The highest BCUT2D eigenvalue weighted by Gasteiger charge is 2.07. The van der Waals surface area contributed by atoms with Gasteiger partial charge in [0.2, 0.25) is 0 Å². The smallest absolute Gasteiger partial charge is 0.0106 e. The summed E-state index contributed by atoms with van der Waals surface area (Å²) in [4.78, 5) is 1.42. The number of benzene rings is 1. The Hall–Kier alpha value is -0.430. The number of thioether (sulfide) groups is 1. The molecule has 0 radical (unpaired) electrons. The maximum absolute atomic E-state index is 2.25. The molecule has 0 fully saturated rings. The van der Waals surface area contributed by atoms with Crippen LogP contribution in [-0.2, 0) is 0 Å². The van der Waals surface area contributed by atoms with Gasteiger partial charge in [0, 0.05) is 4.90 Å². The maximum Gasteiger partial charge on any atom is 0.0106 e. The molecule has 0 aromatic heterocycles. The Morgan fingerprint density at radius 2 is 1.92 bits per heavy atom. The molecule has 0 atom stereocenters. The van der Waals surface area contributed by atoms with Crippen molar-refractivity contribution in [1.82, 2.24) is 0 Å². The van der Waals surface area contributed by atoms with Crippen molar-refractivity contribution in [2.75, 3.05) is 6.26 Å². The molecule has 0 amide bonds. The van der Waals surface area contributed by atoms with E-state index in [-0.39, 0.29) is 0 Å². The van der Waals surface area contributed by atoms with Crippen molar-refractivity contribution in [2.45, 2.75) is 31.6 Å². The molecular weight excluding hydrogens is 164 g/mol. The third-order valence-electron chi connectivity index (χ3n) is 2.08. The molecule has 0 aliphatic rings. The van der Waals surface area contributed by atoms with E-state index in [2.05, 4.69) is 45.2 Å². The molecule has 12 heavy (non-hydrogen) atoms. The van der Waals surface area contributed by atoms with Gasteiger partial charge in [0.15, 0.2) is 0 Å². The van der Waals surface area contributed by atoms with Crippen molar-refractivity contribution < 1.29 is 0 Å². The summed E-state index contributed by atoms with van der Waals surface area (Å²) in [6, 6.07) is 6.52. The molecule has 1 aromatic rings. The maximum atomic E-state index is 2.25. The molecule has 0 heterocycles. The summed E-state index contributed by atoms with van der Waals surface area (Å²) in [6.45, 7) is 6.69. The number of hydrogen-bond donors (Lipinski definition) is 0. The van der Waals surface area contributed by atoms with Crippen molar-refractivity contribution in [2.24, 2.45) is 0 Å². The largest absolute Gasteiger partial charge is 0.129 e. The van der Waals surface area contributed by atoms with E-state index in [1.807, 2.05) is 11.8 Å². The lowest BCUT2D eigenvalue weighted by Gasteiger charge is -2.13. The fourth-order valence-electron chi connectivity index (χ4n) is 1.57. The summed E-state index contributed by atoms with van der Waals surface area (Å²) in [5.41, 5.74) is 2.92. The molecule has 1 heteroatoms. The van der Waals surface area contributed by atoms with Crippen molar-refractivity contribution >= 4 is 11.8 Å². The standard InChI is InChI=1S/C11H16S/c1-8(2)11-9(3)6-5-7-10(11)12-4/h5-8H,1-4H3. The first-order valence-electron chi connectivity index (χ1n) is 4.30. The van der Waals surface area contributed by atoms with Gasteiger partial charge in [0.1, 0.15) is 0 Å². The van der Waals surface area contributed by atoms with Crippen LogP contribution in [-0.4, -0.2) is 6.26 Å². The van der Waals surface area contributed by atoms with E-state index in [0.29, 0.717) is 5.92 Å². The van der Waals surface area contributed by atoms with Crippen molar-refractivity contribution in [1.29, 1.82) is 0 Å². The second kappa shape index (κ2) is 3.99. The lowest BCUT2D eigenvalue weighted by molar-refractivity contribution is 0.832. The fourth-order valence-corrected chi connectivity index (χ4v) is 2.40. The van der Waals surface area contributed by atoms with Crippen molar-refractivity contribution in [3.63, 3.8) is 0 Å². The van der Waals surface area contributed by atoms with Crippen LogP contribution in [0.2, 0.25) is 0 Å². The predicted octanol–water partition coefficient (Wildman–Crippen LogP) is 3.84. The molecule has 0 N–H and O–H groups in total. The third kappa shape index (κ3) is 1.84. The monoisotopic (exact) mass is 180 g/mol. The Bertz CT molecular complexity index is 264. The van der Waals surface area contributed by atoms with Crippen LogP contribution >= 0.6 is 11.8 Å². The second-order valence-electron chi connectivity index (χ2n) is 3.35. The molecule has 1 rings (SSSR count). The third-order valence-corrected chi connectivity index (χ3v) is 2.88. The highest BCUT2D eigenvalue weighted by Crippen LogP contribution is 2.29. The average Bonchev–Trinajstić information content (AvgIpc) is 2.03. The molecule has 0 aliphatic heterocycles. The van der Waals surface area contributed by atoms with Crippen LogP contribution in [0, 0.1) is 6.92 Å². The topological polar surface area (TPSA) is 0 Å². The zero-order valence-corrected chi connectivity index (χ0v) is 9.03. The van der Waals surface area contributed by atoms with E-state index in [1.54, 1.807) is 0 Å².